The Hall–Kier alpha value is -2.61. The third-order valence-corrected chi connectivity index (χ3v) is 6.10. The van der Waals surface area contributed by atoms with Crippen molar-refractivity contribution < 1.29 is 14.0 Å². The van der Waals surface area contributed by atoms with Crippen LogP contribution in [0.3, 0.4) is 0 Å². The second-order valence-corrected chi connectivity index (χ2v) is 8.26. The number of amides is 3. The summed E-state index contributed by atoms with van der Waals surface area (Å²) in [5, 5.41) is 7.23. The maximum absolute atomic E-state index is 13.7. The molecule has 0 bridgehead atoms. The predicted molar refractivity (Wildman–Crippen MR) is 112 cm³/mol. The van der Waals surface area contributed by atoms with Crippen LogP contribution in [0.25, 0.3) is 0 Å². The molecule has 7 nitrogen and oxygen atoms in total. The van der Waals surface area contributed by atoms with Crippen LogP contribution in [0.2, 0.25) is 5.02 Å². The highest BCUT2D eigenvalue weighted by Crippen LogP contribution is 2.22. The van der Waals surface area contributed by atoms with Gasteiger partial charge < -0.3 is 15.1 Å². The summed E-state index contributed by atoms with van der Waals surface area (Å²) < 4.78 is 15.3. The van der Waals surface area contributed by atoms with E-state index in [0.717, 1.165) is 25.9 Å². The lowest BCUT2D eigenvalue weighted by Gasteiger charge is -2.34. The van der Waals surface area contributed by atoms with Crippen LogP contribution in [0.4, 0.5) is 15.0 Å². The van der Waals surface area contributed by atoms with E-state index in [4.69, 9.17) is 11.6 Å². The minimum Gasteiger partial charge on any atom is -0.325 e. The maximum atomic E-state index is 13.7. The van der Waals surface area contributed by atoms with Crippen LogP contribution >= 0.6 is 11.6 Å². The van der Waals surface area contributed by atoms with Gasteiger partial charge in [-0.25, -0.2) is 13.9 Å². The molecular formula is C21H25ClFN5O2. The summed E-state index contributed by atoms with van der Waals surface area (Å²) in [5.41, 5.74) is 0.699. The van der Waals surface area contributed by atoms with Crippen molar-refractivity contribution in [2.75, 3.05) is 31.5 Å². The Morgan fingerprint density at radius 1 is 1.10 bits per heavy atom. The van der Waals surface area contributed by atoms with Gasteiger partial charge in [0.25, 0.3) is 0 Å². The van der Waals surface area contributed by atoms with Crippen molar-refractivity contribution in [3.63, 3.8) is 0 Å². The van der Waals surface area contributed by atoms with Gasteiger partial charge in [-0.15, -0.1) is 0 Å². The molecular weight excluding hydrogens is 409 g/mol. The van der Waals surface area contributed by atoms with Crippen molar-refractivity contribution in [2.24, 2.45) is 5.92 Å². The van der Waals surface area contributed by atoms with Gasteiger partial charge in [-0.1, -0.05) is 17.7 Å². The Kier molecular flexibility index (Phi) is 6.22. The normalized spacial score (nSPS) is 17.4. The summed E-state index contributed by atoms with van der Waals surface area (Å²) in [6, 6.07) is 6.41. The molecule has 4 rings (SSSR count). The molecule has 0 radical (unpaired) electrons. The van der Waals surface area contributed by atoms with Gasteiger partial charge in [0.2, 0.25) is 5.91 Å². The summed E-state index contributed by atoms with van der Waals surface area (Å²) in [6.45, 7) is 3.18. The minimum absolute atomic E-state index is 0.0716. The number of carbonyl (C=O) groups excluding carboxylic acids is 2. The molecule has 2 aromatic rings. The number of halogens is 2. The van der Waals surface area contributed by atoms with Crippen LogP contribution in [0.1, 0.15) is 31.2 Å². The fourth-order valence-electron chi connectivity index (χ4n) is 4.05. The molecule has 2 aliphatic rings. The first kappa shape index (κ1) is 20.7. The van der Waals surface area contributed by atoms with E-state index in [0.29, 0.717) is 43.9 Å². The minimum atomic E-state index is -0.484. The molecule has 0 saturated carbocycles. The molecule has 3 heterocycles. The lowest BCUT2D eigenvalue weighted by molar-refractivity contribution is -0.121. The van der Waals surface area contributed by atoms with Crippen LogP contribution in [-0.4, -0.2) is 57.7 Å². The molecule has 9 heteroatoms. The molecule has 30 heavy (non-hydrogen) atoms. The van der Waals surface area contributed by atoms with E-state index in [1.807, 2.05) is 9.80 Å². The summed E-state index contributed by atoms with van der Waals surface area (Å²) in [6.07, 6.45) is 5.02. The van der Waals surface area contributed by atoms with E-state index >= 15 is 0 Å². The number of benzene rings is 1. The summed E-state index contributed by atoms with van der Waals surface area (Å²) in [4.78, 5) is 29.0. The number of hydrogen-bond donors (Lipinski definition) is 1. The fraction of sp³-hybridized carbons (Fsp3) is 0.476. The number of urea groups is 1. The monoisotopic (exact) mass is 433 g/mol. The summed E-state index contributed by atoms with van der Waals surface area (Å²) >= 11 is 5.73. The number of aromatic nitrogens is 2. The number of rotatable bonds is 4. The zero-order valence-electron chi connectivity index (χ0n) is 16.7. The SMILES string of the molecule is O=C(Nc1ccnn1Cc1ccc(Cl)c(F)c1)C1CCN(C(=O)N2CCCC2)CC1. The van der Waals surface area contributed by atoms with Gasteiger partial charge in [0, 0.05) is 38.2 Å². The standard InChI is InChI=1S/C21H25ClFN5O2/c22-17-4-3-15(13-18(17)23)14-28-19(5-8-24-28)25-20(29)16-6-11-27(12-7-16)21(30)26-9-1-2-10-26/h3-5,8,13,16H,1-2,6-7,9-12,14H2,(H,25,29). The molecule has 2 aliphatic heterocycles. The van der Waals surface area contributed by atoms with Crippen LogP contribution in [0.15, 0.2) is 30.5 Å². The average molecular weight is 434 g/mol. The van der Waals surface area contributed by atoms with Crippen LogP contribution in [0, 0.1) is 11.7 Å². The van der Waals surface area contributed by atoms with E-state index in [2.05, 4.69) is 10.4 Å². The number of hydrogen-bond acceptors (Lipinski definition) is 3. The van der Waals surface area contributed by atoms with Crippen LogP contribution in [-0.2, 0) is 11.3 Å². The molecule has 1 aromatic carbocycles. The number of likely N-dealkylation sites (tertiary alicyclic amines) is 2. The van der Waals surface area contributed by atoms with Gasteiger partial charge in [0.05, 0.1) is 17.8 Å². The quantitative estimate of drug-likeness (QED) is 0.801. The Morgan fingerprint density at radius 3 is 2.50 bits per heavy atom. The van der Waals surface area contributed by atoms with Crippen molar-refractivity contribution in [3.8, 4) is 0 Å². The summed E-state index contributed by atoms with van der Waals surface area (Å²) in [5.74, 6) is -0.149. The van der Waals surface area contributed by atoms with E-state index in [-0.39, 0.29) is 22.9 Å². The number of nitrogens with zero attached hydrogens (tertiary/aromatic N) is 4. The average Bonchev–Trinajstić information content (AvgIpc) is 3.43. The number of anilines is 1. The highest BCUT2D eigenvalue weighted by Gasteiger charge is 2.30. The Morgan fingerprint density at radius 2 is 1.80 bits per heavy atom. The molecule has 2 saturated heterocycles. The third kappa shape index (κ3) is 4.59. The van der Waals surface area contributed by atoms with Crippen LogP contribution in [0.5, 0.6) is 0 Å². The maximum Gasteiger partial charge on any atom is 0.319 e. The van der Waals surface area contributed by atoms with Crippen molar-refractivity contribution >= 4 is 29.4 Å². The van der Waals surface area contributed by atoms with Gasteiger partial charge in [-0.05, 0) is 43.4 Å². The van der Waals surface area contributed by atoms with Crippen molar-refractivity contribution in [3.05, 3.63) is 46.9 Å². The first-order valence-electron chi connectivity index (χ1n) is 10.3. The van der Waals surface area contributed by atoms with Crippen LogP contribution < -0.4 is 5.32 Å². The van der Waals surface area contributed by atoms with Gasteiger partial charge in [-0.2, -0.15) is 5.10 Å². The van der Waals surface area contributed by atoms with E-state index in [1.54, 1.807) is 23.0 Å². The van der Waals surface area contributed by atoms with Gasteiger partial charge >= 0.3 is 6.03 Å². The van der Waals surface area contributed by atoms with Crippen molar-refractivity contribution in [1.29, 1.82) is 0 Å². The molecule has 2 fully saturated rings. The molecule has 0 atom stereocenters. The van der Waals surface area contributed by atoms with Gasteiger partial charge in [0.1, 0.15) is 11.6 Å². The predicted octanol–water partition coefficient (Wildman–Crippen LogP) is 3.59. The topological polar surface area (TPSA) is 70.5 Å². The van der Waals surface area contributed by atoms with Gasteiger partial charge in [0.15, 0.2) is 0 Å². The molecule has 3 amide bonds. The first-order valence-corrected chi connectivity index (χ1v) is 10.7. The smallest absolute Gasteiger partial charge is 0.319 e. The molecule has 1 aromatic heterocycles. The molecule has 160 valence electrons. The molecule has 1 N–H and O–H groups in total. The van der Waals surface area contributed by atoms with E-state index in [9.17, 15) is 14.0 Å². The third-order valence-electron chi connectivity index (χ3n) is 5.80. The van der Waals surface area contributed by atoms with Gasteiger partial charge in [-0.3, -0.25) is 4.79 Å². The molecule has 0 spiro atoms. The zero-order chi connectivity index (χ0) is 21.1. The molecule has 0 aliphatic carbocycles. The number of carbonyl (C=O) groups is 2. The largest absolute Gasteiger partial charge is 0.325 e. The highest BCUT2D eigenvalue weighted by molar-refractivity contribution is 6.30. The molecule has 0 unspecified atom stereocenters. The Bertz CT molecular complexity index is 920. The first-order chi connectivity index (χ1) is 14.5. The fourth-order valence-corrected chi connectivity index (χ4v) is 4.16. The highest BCUT2D eigenvalue weighted by atomic mass is 35.5. The number of piperidine rings is 1. The Labute approximate surface area is 179 Å². The second-order valence-electron chi connectivity index (χ2n) is 7.85. The van der Waals surface area contributed by atoms with Crippen molar-refractivity contribution in [2.45, 2.75) is 32.2 Å². The zero-order valence-corrected chi connectivity index (χ0v) is 17.4. The number of nitrogens with one attached hydrogen (secondary N) is 1. The second kappa shape index (κ2) is 9.04. The lowest BCUT2D eigenvalue weighted by Crippen LogP contribution is -2.47. The van der Waals surface area contributed by atoms with Crippen molar-refractivity contribution in [1.82, 2.24) is 19.6 Å². The Balaban J connectivity index is 1.32. The van der Waals surface area contributed by atoms with E-state index in [1.165, 1.54) is 12.1 Å². The lowest BCUT2D eigenvalue weighted by atomic mass is 9.96. The van der Waals surface area contributed by atoms with E-state index < -0.39 is 5.82 Å². The summed E-state index contributed by atoms with van der Waals surface area (Å²) in [7, 11) is 0.